The van der Waals surface area contributed by atoms with Crippen molar-refractivity contribution in [1.82, 2.24) is 0 Å². The van der Waals surface area contributed by atoms with Crippen molar-refractivity contribution >= 4 is 7.82 Å². The number of hydrogen-bond acceptors (Lipinski definition) is 6. The zero-order valence-corrected chi connectivity index (χ0v) is 32.2. The van der Waals surface area contributed by atoms with Crippen molar-refractivity contribution in [2.75, 3.05) is 26.4 Å². The number of unbranched alkanes of at least 4 members (excludes halogenated alkanes) is 24. The third kappa shape index (κ3) is 41.6. The van der Waals surface area contributed by atoms with Crippen LogP contribution in [0, 0.1) is 0 Å². The smallest absolute Gasteiger partial charge is 0.303 e. The molecule has 9 heteroatoms. The van der Waals surface area contributed by atoms with E-state index in [2.05, 4.69) is 42.7 Å². The normalized spacial score (nSPS) is 13.0. The summed E-state index contributed by atoms with van der Waals surface area (Å²) in [7, 11) is -4.62. The number of phosphoric ester groups is 1. The Kier molecular flexibility index (Phi) is 38.8. The zero-order chi connectivity index (χ0) is 35.1. The average Bonchev–Trinajstić information content (AvgIpc) is 3.06. The summed E-state index contributed by atoms with van der Waals surface area (Å²) < 4.78 is 15.7. The molecule has 0 spiro atoms. The molecule has 0 aromatic heterocycles. The lowest BCUT2D eigenvalue weighted by atomic mass is 10.1. The fraction of sp³-hybridized carbons (Fsp3) is 0.897. The summed E-state index contributed by atoms with van der Waals surface area (Å²) in [4.78, 5) is 39.2. The van der Waals surface area contributed by atoms with Crippen LogP contribution in [0.25, 0.3) is 0 Å². The standard InChI is InChI=1S/C39H77O8P/c1-3-5-7-9-11-13-15-17-19-21-23-25-27-29-31-33-35-43-45-37-39(38-46-48(40,41)42)47-44-36-34-32-30-28-26-24-22-20-18-16-14-12-10-8-6-4-2/h17-20,39H,3-16,21-38H2,1-2H3,(H2,40,41,42)/b19-17-,20-18-/t39-/m1/s1. The highest BCUT2D eigenvalue weighted by molar-refractivity contribution is 7.46. The van der Waals surface area contributed by atoms with Gasteiger partial charge in [-0.15, -0.1) is 0 Å². The van der Waals surface area contributed by atoms with Gasteiger partial charge in [-0.25, -0.2) is 24.1 Å². The third-order valence-corrected chi connectivity index (χ3v) is 8.93. The van der Waals surface area contributed by atoms with E-state index in [1.807, 2.05) is 0 Å². The predicted molar refractivity (Wildman–Crippen MR) is 200 cm³/mol. The summed E-state index contributed by atoms with van der Waals surface area (Å²) in [6.07, 6.45) is 43.4. The van der Waals surface area contributed by atoms with Crippen LogP contribution in [-0.2, 0) is 28.6 Å². The van der Waals surface area contributed by atoms with Gasteiger partial charge < -0.3 is 9.79 Å². The van der Waals surface area contributed by atoms with Crippen molar-refractivity contribution in [1.29, 1.82) is 0 Å². The van der Waals surface area contributed by atoms with Crippen LogP contribution in [0.15, 0.2) is 24.3 Å². The van der Waals surface area contributed by atoms with Crippen molar-refractivity contribution in [3.8, 4) is 0 Å². The monoisotopic (exact) mass is 705 g/mol. The van der Waals surface area contributed by atoms with Crippen molar-refractivity contribution in [2.24, 2.45) is 0 Å². The second-order valence-corrected chi connectivity index (χ2v) is 14.5. The molecule has 8 nitrogen and oxygen atoms in total. The molecule has 0 unspecified atom stereocenters. The van der Waals surface area contributed by atoms with Crippen LogP contribution in [0.3, 0.4) is 0 Å². The average molecular weight is 705 g/mol. The minimum Gasteiger partial charge on any atom is -0.303 e. The number of allylic oxidation sites excluding steroid dienone is 4. The van der Waals surface area contributed by atoms with Gasteiger partial charge in [-0.1, -0.05) is 154 Å². The maximum atomic E-state index is 11.1. The molecule has 1 atom stereocenters. The molecule has 48 heavy (non-hydrogen) atoms. The second-order valence-electron chi connectivity index (χ2n) is 13.3. The number of hydrogen-bond donors (Lipinski definition) is 2. The fourth-order valence-corrected chi connectivity index (χ4v) is 5.79. The van der Waals surface area contributed by atoms with Gasteiger partial charge in [0.15, 0.2) is 0 Å². The molecule has 286 valence electrons. The highest BCUT2D eigenvalue weighted by Crippen LogP contribution is 2.35. The van der Waals surface area contributed by atoms with E-state index in [1.165, 1.54) is 148 Å². The van der Waals surface area contributed by atoms with Crippen LogP contribution in [-0.4, -0.2) is 42.3 Å². The largest absolute Gasteiger partial charge is 0.469 e. The Hall–Kier alpha value is -0.570. The van der Waals surface area contributed by atoms with Crippen molar-refractivity contribution in [3.05, 3.63) is 24.3 Å². The van der Waals surface area contributed by atoms with E-state index in [0.717, 1.165) is 32.1 Å². The summed E-state index contributed by atoms with van der Waals surface area (Å²) in [5.41, 5.74) is 0. The van der Waals surface area contributed by atoms with Crippen molar-refractivity contribution in [2.45, 2.75) is 200 Å². The van der Waals surface area contributed by atoms with Crippen molar-refractivity contribution in [3.63, 3.8) is 0 Å². The molecule has 0 fully saturated rings. The second kappa shape index (κ2) is 39.2. The molecule has 0 amide bonds. The zero-order valence-electron chi connectivity index (χ0n) is 31.3. The van der Waals surface area contributed by atoms with Gasteiger partial charge >= 0.3 is 7.82 Å². The summed E-state index contributed by atoms with van der Waals surface area (Å²) in [6.45, 7) is 5.00. The van der Waals surface area contributed by atoms with Gasteiger partial charge in [0, 0.05) is 0 Å². The first-order chi connectivity index (χ1) is 23.5. The molecule has 0 aromatic rings. The lowest BCUT2D eigenvalue weighted by molar-refractivity contribution is -0.369. The van der Waals surface area contributed by atoms with E-state index in [-0.39, 0.29) is 13.2 Å². The first-order valence-corrected chi connectivity index (χ1v) is 21.5. The van der Waals surface area contributed by atoms with Gasteiger partial charge in [-0.05, 0) is 64.2 Å². The molecule has 0 rings (SSSR count). The van der Waals surface area contributed by atoms with Gasteiger partial charge in [-0.2, -0.15) is 0 Å². The van der Waals surface area contributed by atoms with Gasteiger partial charge in [-0.3, -0.25) is 4.52 Å². The van der Waals surface area contributed by atoms with Crippen LogP contribution in [0.4, 0.5) is 0 Å². The van der Waals surface area contributed by atoms with E-state index in [4.69, 9.17) is 29.3 Å². The Morgan fingerprint density at radius 2 is 0.812 bits per heavy atom. The van der Waals surface area contributed by atoms with E-state index in [0.29, 0.717) is 13.2 Å². The molecule has 0 aliphatic carbocycles. The molecule has 0 aliphatic rings. The molecular formula is C39H77O8P. The van der Waals surface area contributed by atoms with E-state index >= 15 is 0 Å². The van der Waals surface area contributed by atoms with E-state index in [1.54, 1.807) is 0 Å². The van der Waals surface area contributed by atoms with Gasteiger partial charge in [0.1, 0.15) is 12.7 Å². The Morgan fingerprint density at radius 3 is 1.21 bits per heavy atom. The predicted octanol–water partition coefficient (Wildman–Crippen LogP) is 12.4. The molecule has 0 bridgehead atoms. The maximum Gasteiger partial charge on any atom is 0.469 e. The summed E-state index contributed by atoms with van der Waals surface area (Å²) in [6, 6.07) is 0. The quantitative estimate of drug-likeness (QED) is 0.0214. The summed E-state index contributed by atoms with van der Waals surface area (Å²) in [5, 5.41) is 0. The van der Waals surface area contributed by atoms with E-state index in [9.17, 15) is 4.57 Å². The first-order valence-electron chi connectivity index (χ1n) is 20.0. The van der Waals surface area contributed by atoms with Crippen LogP contribution in [0.5, 0.6) is 0 Å². The fourth-order valence-electron chi connectivity index (χ4n) is 5.43. The SMILES string of the molecule is CCCCCCCC/C=C\CCCCCCCCOOC[C@H](COP(=O)(O)O)OOCCCCCCCC/C=C\CCCCCCCC. The lowest BCUT2D eigenvalue weighted by Gasteiger charge is -2.16. The molecule has 0 aromatic carbocycles. The molecule has 0 saturated carbocycles. The Balaban J connectivity index is 3.68. The Bertz CT molecular complexity index is 727. The van der Waals surface area contributed by atoms with Crippen LogP contribution in [0.1, 0.15) is 194 Å². The highest BCUT2D eigenvalue weighted by atomic mass is 31.2. The maximum absolute atomic E-state index is 11.1. The van der Waals surface area contributed by atoms with Crippen LogP contribution in [0.2, 0.25) is 0 Å². The number of phosphoric acid groups is 1. The molecule has 0 aliphatic heterocycles. The van der Waals surface area contributed by atoms with Gasteiger partial charge in [0.05, 0.1) is 19.8 Å². The van der Waals surface area contributed by atoms with E-state index < -0.39 is 13.9 Å². The molecule has 0 radical (unpaired) electrons. The molecule has 2 N–H and O–H groups in total. The van der Waals surface area contributed by atoms with Gasteiger partial charge in [0.25, 0.3) is 0 Å². The number of rotatable bonds is 40. The summed E-state index contributed by atoms with van der Waals surface area (Å²) >= 11 is 0. The molecular weight excluding hydrogens is 627 g/mol. The van der Waals surface area contributed by atoms with Crippen LogP contribution < -0.4 is 0 Å². The minimum absolute atomic E-state index is 0.0419. The Morgan fingerprint density at radius 1 is 0.458 bits per heavy atom. The van der Waals surface area contributed by atoms with Crippen LogP contribution >= 0.6 is 7.82 Å². The minimum atomic E-state index is -4.62. The molecule has 0 saturated heterocycles. The lowest BCUT2D eigenvalue weighted by Crippen LogP contribution is -2.26. The third-order valence-electron chi connectivity index (χ3n) is 8.45. The highest BCUT2D eigenvalue weighted by Gasteiger charge is 2.20. The first kappa shape index (κ1) is 47.4. The molecule has 0 heterocycles. The Labute approximate surface area is 296 Å². The van der Waals surface area contributed by atoms with Gasteiger partial charge in [0.2, 0.25) is 0 Å². The summed E-state index contributed by atoms with van der Waals surface area (Å²) in [5.74, 6) is 0. The topological polar surface area (TPSA) is 104 Å². The van der Waals surface area contributed by atoms with Crippen molar-refractivity contribution < 1.29 is 38.4 Å².